The van der Waals surface area contributed by atoms with E-state index in [-0.39, 0.29) is 37.4 Å². The maximum absolute atomic E-state index is 12.5. The highest BCUT2D eigenvalue weighted by Gasteiger charge is 2.42. The van der Waals surface area contributed by atoms with E-state index in [1.54, 1.807) is 16.8 Å². The molecule has 0 aliphatic carbocycles. The minimum atomic E-state index is -0.591. The van der Waals surface area contributed by atoms with Gasteiger partial charge in [0, 0.05) is 25.8 Å². The Morgan fingerprint density at radius 3 is 2.81 bits per heavy atom. The third kappa shape index (κ3) is 3.49. The first kappa shape index (κ1) is 18.2. The highest BCUT2D eigenvalue weighted by Crippen LogP contribution is 2.19. The van der Waals surface area contributed by atoms with Gasteiger partial charge in [0.2, 0.25) is 11.8 Å². The molecule has 2 aliphatic heterocycles. The number of carbonyl (C=O) groups excluding carboxylic acids is 3. The molecule has 2 aliphatic rings. The summed E-state index contributed by atoms with van der Waals surface area (Å²) in [7, 11) is 1.61. The Kier molecular flexibility index (Phi) is 5.11. The minimum Gasteiger partial charge on any atom is -0.482 e. The number of carbonyl (C=O) groups is 3. The van der Waals surface area contributed by atoms with Gasteiger partial charge in [-0.25, -0.2) is 0 Å². The SMILES string of the molecule is CCc1nc(C)ccc1OCC(=O)N1CCN2C(=O)CN(C)C(=O)C2C1. The molecule has 3 heterocycles. The van der Waals surface area contributed by atoms with E-state index in [9.17, 15) is 14.4 Å². The van der Waals surface area contributed by atoms with Crippen molar-refractivity contribution in [1.29, 1.82) is 0 Å². The van der Waals surface area contributed by atoms with Crippen molar-refractivity contribution in [2.45, 2.75) is 26.3 Å². The Morgan fingerprint density at radius 2 is 2.08 bits per heavy atom. The van der Waals surface area contributed by atoms with Crippen molar-refractivity contribution in [3.05, 3.63) is 23.5 Å². The van der Waals surface area contributed by atoms with Crippen molar-refractivity contribution in [2.75, 3.05) is 39.8 Å². The average molecular weight is 360 g/mol. The number of pyridine rings is 1. The van der Waals surface area contributed by atoms with Gasteiger partial charge in [0.15, 0.2) is 6.61 Å². The van der Waals surface area contributed by atoms with Gasteiger partial charge in [-0.05, 0) is 25.5 Å². The quantitative estimate of drug-likeness (QED) is 0.745. The van der Waals surface area contributed by atoms with Crippen LogP contribution in [0.25, 0.3) is 0 Å². The molecule has 0 N–H and O–H groups in total. The molecule has 1 unspecified atom stereocenters. The summed E-state index contributed by atoms with van der Waals surface area (Å²) < 4.78 is 5.67. The van der Waals surface area contributed by atoms with Crippen LogP contribution in [0.1, 0.15) is 18.3 Å². The molecule has 0 saturated carbocycles. The highest BCUT2D eigenvalue weighted by molar-refractivity contribution is 5.95. The normalized spacial score (nSPS) is 20.3. The van der Waals surface area contributed by atoms with Crippen LogP contribution >= 0.6 is 0 Å². The third-order valence-corrected chi connectivity index (χ3v) is 4.84. The molecule has 1 aromatic rings. The molecule has 1 atom stereocenters. The van der Waals surface area contributed by atoms with Crippen molar-refractivity contribution in [3.63, 3.8) is 0 Å². The van der Waals surface area contributed by atoms with Crippen molar-refractivity contribution in [1.82, 2.24) is 19.7 Å². The lowest BCUT2D eigenvalue weighted by Crippen LogP contribution is -2.67. The van der Waals surface area contributed by atoms with Crippen LogP contribution in [0.15, 0.2) is 12.1 Å². The van der Waals surface area contributed by atoms with Gasteiger partial charge in [-0.15, -0.1) is 0 Å². The lowest BCUT2D eigenvalue weighted by Gasteiger charge is -2.45. The molecule has 0 bridgehead atoms. The van der Waals surface area contributed by atoms with Crippen molar-refractivity contribution in [2.24, 2.45) is 0 Å². The number of amides is 3. The van der Waals surface area contributed by atoms with Crippen molar-refractivity contribution >= 4 is 17.7 Å². The number of likely N-dealkylation sites (N-methyl/N-ethyl adjacent to an activating group) is 1. The fraction of sp³-hybridized carbons (Fsp3) is 0.556. The van der Waals surface area contributed by atoms with Gasteiger partial charge in [0.1, 0.15) is 11.8 Å². The number of rotatable bonds is 4. The predicted octanol–water partition coefficient (Wildman–Crippen LogP) is -0.157. The first-order valence-electron chi connectivity index (χ1n) is 8.82. The highest BCUT2D eigenvalue weighted by atomic mass is 16.5. The largest absolute Gasteiger partial charge is 0.482 e. The number of fused-ring (bicyclic) bond motifs is 1. The average Bonchev–Trinajstić information content (AvgIpc) is 2.64. The van der Waals surface area contributed by atoms with E-state index >= 15 is 0 Å². The summed E-state index contributed by atoms with van der Waals surface area (Å²) in [6.07, 6.45) is 0.717. The molecule has 3 rings (SSSR count). The summed E-state index contributed by atoms with van der Waals surface area (Å²) in [5.74, 6) is 0.215. The van der Waals surface area contributed by atoms with E-state index in [0.717, 1.165) is 17.8 Å². The Balaban J connectivity index is 1.62. The minimum absolute atomic E-state index is 0.0706. The molecule has 26 heavy (non-hydrogen) atoms. The van der Waals surface area contributed by atoms with Gasteiger partial charge in [-0.2, -0.15) is 0 Å². The molecule has 2 fully saturated rings. The van der Waals surface area contributed by atoms with Crippen LogP contribution in [0.3, 0.4) is 0 Å². The van der Waals surface area contributed by atoms with Crippen molar-refractivity contribution < 1.29 is 19.1 Å². The summed E-state index contributed by atoms with van der Waals surface area (Å²) in [6.45, 7) is 4.89. The number of nitrogens with zero attached hydrogens (tertiary/aromatic N) is 4. The second kappa shape index (κ2) is 7.31. The zero-order chi connectivity index (χ0) is 18.8. The lowest BCUT2D eigenvalue weighted by atomic mass is 10.1. The summed E-state index contributed by atoms with van der Waals surface area (Å²) in [5.41, 5.74) is 1.72. The van der Waals surface area contributed by atoms with Crippen LogP contribution in [-0.2, 0) is 20.8 Å². The van der Waals surface area contributed by atoms with Crippen LogP contribution in [0.5, 0.6) is 5.75 Å². The van der Waals surface area contributed by atoms with E-state index in [4.69, 9.17) is 4.74 Å². The molecule has 2 saturated heterocycles. The van der Waals surface area contributed by atoms with Gasteiger partial charge >= 0.3 is 0 Å². The van der Waals surface area contributed by atoms with Crippen LogP contribution in [0, 0.1) is 6.92 Å². The van der Waals surface area contributed by atoms with Gasteiger partial charge < -0.3 is 19.4 Å². The number of hydrogen-bond acceptors (Lipinski definition) is 5. The fourth-order valence-corrected chi connectivity index (χ4v) is 3.36. The second-order valence-corrected chi connectivity index (χ2v) is 6.68. The number of ether oxygens (including phenoxy) is 1. The van der Waals surface area contributed by atoms with Crippen LogP contribution in [-0.4, -0.2) is 83.3 Å². The van der Waals surface area contributed by atoms with Crippen LogP contribution in [0.4, 0.5) is 0 Å². The molecule has 3 amide bonds. The summed E-state index contributed by atoms with van der Waals surface area (Å²) in [5, 5.41) is 0. The Labute approximate surface area is 152 Å². The van der Waals surface area contributed by atoms with Gasteiger partial charge in [0.05, 0.1) is 18.8 Å². The Hall–Kier alpha value is -2.64. The van der Waals surface area contributed by atoms with Gasteiger partial charge in [-0.3, -0.25) is 19.4 Å². The fourth-order valence-electron chi connectivity index (χ4n) is 3.36. The molecule has 8 heteroatoms. The molecule has 0 aromatic carbocycles. The van der Waals surface area contributed by atoms with E-state index in [1.807, 2.05) is 26.0 Å². The zero-order valence-corrected chi connectivity index (χ0v) is 15.4. The summed E-state index contributed by atoms with van der Waals surface area (Å²) in [4.78, 5) is 45.9. The second-order valence-electron chi connectivity index (χ2n) is 6.68. The van der Waals surface area contributed by atoms with E-state index < -0.39 is 6.04 Å². The topological polar surface area (TPSA) is 83.1 Å². The number of aryl methyl sites for hydroxylation is 2. The third-order valence-electron chi connectivity index (χ3n) is 4.84. The van der Waals surface area contributed by atoms with E-state index in [1.165, 1.54) is 4.90 Å². The molecule has 1 aromatic heterocycles. The van der Waals surface area contributed by atoms with Crippen LogP contribution in [0.2, 0.25) is 0 Å². The molecule has 0 radical (unpaired) electrons. The smallest absolute Gasteiger partial charge is 0.260 e. The zero-order valence-electron chi connectivity index (χ0n) is 15.4. The lowest BCUT2D eigenvalue weighted by molar-refractivity contribution is -0.160. The number of aromatic nitrogens is 1. The van der Waals surface area contributed by atoms with E-state index in [2.05, 4.69) is 4.98 Å². The summed E-state index contributed by atoms with van der Waals surface area (Å²) in [6, 6.07) is 3.08. The maximum atomic E-state index is 12.5. The first-order valence-corrected chi connectivity index (χ1v) is 8.82. The maximum Gasteiger partial charge on any atom is 0.260 e. The van der Waals surface area contributed by atoms with Crippen molar-refractivity contribution in [3.8, 4) is 5.75 Å². The van der Waals surface area contributed by atoms with E-state index in [0.29, 0.717) is 18.8 Å². The molecule has 140 valence electrons. The van der Waals surface area contributed by atoms with Crippen LogP contribution < -0.4 is 4.74 Å². The monoisotopic (exact) mass is 360 g/mol. The summed E-state index contributed by atoms with van der Waals surface area (Å²) >= 11 is 0. The standard InChI is InChI=1S/C18H24N4O4/c1-4-13-15(6-5-12(2)19-13)26-11-17(24)21-7-8-22-14(9-21)18(25)20(3)10-16(22)23/h5-6,14H,4,7-11H2,1-3H3. The first-order chi connectivity index (χ1) is 12.4. The predicted molar refractivity (Wildman–Crippen MR) is 93.6 cm³/mol. The number of hydrogen-bond donors (Lipinski definition) is 0. The molecule has 0 spiro atoms. The molecule has 8 nitrogen and oxygen atoms in total. The van der Waals surface area contributed by atoms with Gasteiger partial charge in [0.25, 0.3) is 5.91 Å². The number of piperazine rings is 2. The Morgan fingerprint density at radius 1 is 1.31 bits per heavy atom. The molecular weight excluding hydrogens is 336 g/mol. The van der Waals surface area contributed by atoms with Gasteiger partial charge in [-0.1, -0.05) is 6.92 Å². The Bertz CT molecular complexity index is 736. The molecular formula is C18H24N4O4.